The van der Waals surface area contributed by atoms with Crippen LogP contribution in [0.25, 0.3) is 0 Å². The van der Waals surface area contributed by atoms with Crippen LogP contribution in [0.2, 0.25) is 0 Å². The summed E-state index contributed by atoms with van der Waals surface area (Å²) in [6.07, 6.45) is 3.67. The molecule has 5 heteroatoms. The first-order valence-electron chi connectivity index (χ1n) is 8.34. The van der Waals surface area contributed by atoms with E-state index >= 15 is 0 Å². The molecule has 23 heavy (non-hydrogen) atoms. The van der Waals surface area contributed by atoms with E-state index in [1.54, 1.807) is 12.1 Å². The molecule has 0 bridgehead atoms. The van der Waals surface area contributed by atoms with Crippen LogP contribution in [-0.2, 0) is 9.59 Å². The fourth-order valence-electron chi connectivity index (χ4n) is 2.93. The van der Waals surface area contributed by atoms with Crippen molar-refractivity contribution >= 4 is 17.5 Å². The van der Waals surface area contributed by atoms with Gasteiger partial charge in [-0.3, -0.25) is 9.59 Å². The molecule has 0 heterocycles. The number of aliphatic hydroxyl groups excluding tert-OH is 1. The summed E-state index contributed by atoms with van der Waals surface area (Å²) in [6.45, 7) is 4.32. The number of benzene rings is 1. The van der Waals surface area contributed by atoms with E-state index in [-0.39, 0.29) is 12.5 Å². The van der Waals surface area contributed by atoms with E-state index < -0.39 is 17.9 Å². The van der Waals surface area contributed by atoms with Gasteiger partial charge in [-0.2, -0.15) is 0 Å². The van der Waals surface area contributed by atoms with Gasteiger partial charge in [-0.05, 0) is 42.4 Å². The van der Waals surface area contributed by atoms with E-state index in [2.05, 4.69) is 24.5 Å². The number of carbonyl (C=O) groups excluding carboxylic acids is 2. The zero-order valence-corrected chi connectivity index (χ0v) is 13.8. The van der Waals surface area contributed by atoms with Gasteiger partial charge in [0.25, 0.3) is 0 Å². The molecule has 2 rings (SSSR count). The first-order valence-corrected chi connectivity index (χ1v) is 8.34. The number of carbonyl (C=O) groups is 2. The van der Waals surface area contributed by atoms with Crippen molar-refractivity contribution in [1.29, 1.82) is 0 Å². The predicted molar refractivity (Wildman–Crippen MR) is 90.1 cm³/mol. The molecule has 3 N–H and O–H groups in total. The standard InChI is InChI=1S/C18H26N2O3/c1-12(2)13-7-9-15(10-8-13)20-18(23)17(22)19-11-16(21)14-5-3-4-6-14/h7-10,12,14,16,21H,3-6,11H2,1-2H3,(H,19,22)(H,20,23). The van der Waals surface area contributed by atoms with Crippen LogP contribution in [0.15, 0.2) is 24.3 Å². The summed E-state index contributed by atoms with van der Waals surface area (Å²) >= 11 is 0. The lowest BCUT2D eigenvalue weighted by atomic mass is 10.0. The van der Waals surface area contributed by atoms with E-state index in [1.807, 2.05) is 12.1 Å². The first kappa shape index (κ1) is 17.5. The van der Waals surface area contributed by atoms with Crippen molar-refractivity contribution in [1.82, 2.24) is 5.32 Å². The SMILES string of the molecule is CC(C)c1ccc(NC(=O)C(=O)NCC(O)C2CCCC2)cc1. The minimum absolute atomic E-state index is 0.128. The third-order valence-corrected chi connectivity index (χ3v) is 4.46. The van der Waals surface area contributed by atoms with Crippen LogP contribution in [0.3, 0.4) is 0 Å². The van der Waals surface area contributed by atoms with Crippen molar-refractivity contribution in [2.75, 3.05) is 11.9 Å². The highest BCUT2D eigenvalue weighted by Crippen LogP contribution is 2.27. The highest BCUT2D eigenvalue weighted by molar-refractivity contribution is 6.39. The number of anilines is 1. The minimum Gasteiger partial charge on any atom is -0.391 e. The van der Waals surface area contributed by atoms with Crippen LogP contribution in [0, 0.1) is 5.92 Å². The van der Waals surface area contributed by atoms with Gasteiger partial charge in [0.2, 0.25) is 0 Å². The molecule has 2 amide bonds. The average molecular weight is 318 g/mol. The summed E-state index contributed by atoms with van der Waals surface area (Å²) in [6, 6.07) is 7.44. The molecule has 0 aromatic heterocycles. The minimum atomic E-state index is -0.713. The summed E-state index contributed by atoms with van der Waals surface area (Å²) in [5.74, 6) is -0.766. The molecule has 1 aliphatic carbocycles. The third-order valence-electron chi connectivity index (χ3n) is 4.46. The van der Waals surface area contributed by atoms with Crippen LogP contribution in [-0.4, -0.2) is 29.6 Å². The molecule has 5 nitrogen and oxygen atoms in total. The van der Waals surface area contributed by atoms with Crippen molar-refractivity contribution in [3.63, 3.8) is 0 Å². The Hall–Kier alpha value is -1.88. The highest BCUT2D eigenvalue weighted by atomic mass is 16.3. The van der Waals surface area contributed by atoms with E-state index in [4.69, 9.17) is 0 Å². The van der Waals surface area contributed by atoms with E-state index in [0.717, 1.165) is 25.7 Å². The third kappa shape index (κ3) is 5.06. The molecule has 0 saturated heterocycles. The Labute approximate surface area is 137 Å². The van der Waals surface area contributed by atoms with E-state index in [0.29, 0.717) is 11.6 Å². The average Bonchev–Trinajstić information content (AvgIpc) is 3.07. The Bertz CT molecular complexity index is 534. The summed E-state index contributed by atoms with van der Waals surface area (Å²) in [5, 5.41) is 15.1. The van der Waals surface area contributed by atoms with Crippen LogP contribution in [0.5, 0.6) is 0 Å². The van der Waals surface area contributed by atoms with E-state index in [1.165, 1.54) is 5.56 Å². The van der Waals surface area contributed by atoms with Crippen molar-refractivity contribution in [3.05, 3.63) is 29.8 Å². The number of amides is 2. The Morgan fingerprint density at radius 1 is 1.13 bits per heavy atom. The summed E-state index contributed by atoms with van der Waals surface area (Å²) in [5.41, 5.74) is 1.76. The molecule has 0 spiro atoms. The smallest absolute Gasteiger partial charge is 0.313 e. The van der Waals surface area contributed by atoms with Gasteiger partial charge in [0.05, 0.1) is 6.10 Å². The molecular formula is C18H26N2O3. The number of hydrogen-bond donors (Lipinski definition) is 3. The van der Waals surface area contributed by atoms with Crippen LogP contribution < -0.4 is 10.6 Å². The van der Waals surface area contributed by atoms with Crippen LogP contribution in [0.4, 0.5) is 5.69 Å². The summed E-state index contributed by atoms with van der Waals surface area (Å²) in [4.78, 5) is 23.7. The quantitative estimate of drug-likeness (QED) is 0.730. The van der Waals surface area contributed by atoms with Crippen LogP contribution >= 0.6 is 0 Å². The van der Waals surface area contributed by atoms with Gasteiger partial charge >= 0.3 is 11.8 Å². The molecule has 1 atom stereocenters. The zero-order chi connectivity index (χ0) is 16.8. The molecule has 1 unspecified atom stereocenters. The molecule has 126 valence electrons. The van der Waals surface area contributed by atoms with Gasteiger partial charge in [-0.25, -0.2) is 0 Å². The highest BCUT2D eigenvalue weighted by Gasteiger charge is 2.24. The van der Waals surface area contributed by atoms with Crippen molar-refractivity contribution in [2.45, 2.75) is 51.6 Å². The van der Waals surface area contributed by atoms with Crippen molar-refractivity contribution in [3.8, 4) is 0 Å². The largest absolute Gasteiger partial charge is 0.391 e. The molecule has 1 aliphatic rings. The predicted octanol–water partition coefficient (Wildman–Crippen LogP) is 2.42. The molecule has 1 aromatic carbocycles. The van der Waals surface area contributed by atoms with Gasteiger partial charge in [-0.15, -0.1) is 0 Å². The Kier molecular flexibility index (Phi) is 6.16. The maximum Gasteiger partial charge on any atom is 0.313 e. The second-order valence-electron chi connectivity index (χ2n) is 6.55. The Balaban J connectivity index is 1.79. The Morgan fingerprint density at radius 3 is 2.30 bits per heavy atom. The summed E-state index contributed by atoms with van der Waals surface area (Å²) < 4.78 is 0. The topological polar surface area (TPSA) is 78.4 Å². The lowest BCUT2D eigenvalue weighted by molar-refractivity contribution is -0.136. The van der Waals surface area contributed by atoms with Gasteiger partial charge in [-0.1, -0.05) is 38.8 Å². The molecule has 0 radical (unpaired) electrons. The molecular weight excluding hydrogens is 292 g/mol. The second-order valence-corrected chi connectivity index (χ2v) is 6.55. The Morgan fingerprint density at radius 2 is 1.74 bits per heavy atom. The van der Waals surface area contributed by atoms with E-state index in [9.17, 15) is 14.7 Å². The number of aliphatic hydroxyl groups is 1. The van der Waals surface area contributed by atoms with Gasteiger partial charge in [0, 0.05) is 12.2 Å². The maximum atomic E-state index is 11.9. The number of rotatable bonds is 5. The maximum absolute atomic E-state index is 11.9. The fraction of sp³-hybridized carbons (Fsp3) is 0.556. The number of hydrogen-bond acceptors (Lipinski definition) is 3. The monoisotopic (exact) mass is 318 g/mol. The second kappa shape index (κ2) is 8.11. The lowest BCUT2D eigenvalue weighted by Gasteiger charge is -2.17. The molecule has 1 fully saturated rings. The van der Waals surface area contributed by atoms with Crippen LogP contribution in [0.1, 0.15) is 51.0 Å². The molecule has 1 aromatic rings. The van der Waals surface area contributed by atoms with Crippen molar-refractivity contribution < 1.29 is 14.7 Å². The molecule has 0 aliphatic heterocycles. The van der Waals surface area contributed by atoms with Gasteiger partial charge in [0.1, 0.15) is 0 Å². The normalized spacial score (nSPS) is 16.3. The lowest BCUT2D eigenvalue weighted by Crippen LogP contribution is -2.41. The number of nitrogens with one attached hydrogen (secondary N) is 2. The fourth-order valence-corrected chi connectivity index (χ4v) is 2.93. The zero-order valence-electron chi connectivity index (χ0n) is 13.8. The molecule has 1 saturated carbocycles. The van der Waals surface area contributed by atoms with Gasteiger partial charge < -0.3 is 15.7 Å². The van der Waals surface area contributed by atoms with Crippen molar-refractivity contribution in [2.24, 2.45) is 5.92 Å². The summed E-state index contributed by atoms with van der Waals surface area (Å²) in [7, 11) is 0. The first-order chi connectivity index (χ1) is 11.0. The van der Waals surface area contributed by atoms with Gasteiger partial charge in [0.15, 0.2) is 0 Å².